The maximum Gasteiger partial charge on any atom is 0.343 e. The second-order valence-electron chi connectivity index (χ2n) is 4.88. The molecule has 0 atom stereocenters. The molecule has 0 spiro atoms. The predicted octanol–water partition coefficient (Wildman–Crippen LogP) is 2.69. The molecule has 0 fully saturated rings. The van der Waals surface area contributed by atoms with Crippen LogP contribution in [0, 0.1) is 0 Å². The molecule has 1 aromatic carbocycles. The van der Waals surface area contributed by atoms with Crippen molar-refractivity contribution in [2.24, 2.45) is 0 Å². The zero-order chi connectivity index (χ0) is 16.1. The summed E-state index contributed by atoms with van der Waals surface area (Å²) in [4.78, 5) is 20.1. The van der Waals surface area contributed by atoms with Crippen LogP contribution >= 0.6 is 0 Å². The minimum Gasteiger partial charge on any atom is -0.490 e. The van der Waals surface area contributed by atoms with Gasteiger partial charge in [-0.1, -0.05) is 12.1 Å². The molecule has 0 saturated carbocycles. The molecular weight excluding hydrogens is 282 g/mol. The number of carbonyl (C=O) groups excluding carboxylic acids is 1. The highest BCUT2D eigenvalue weighted by Gasteiger charge is 2.16. The van der Waals surface area contributed by atoms with Gasteiger partial charge in [-0.2, -0.15) is 0 Å². The maximum atomic E-state index is 11.7. The highest BCUT2D eigenvalue weighted by atomic mass is 16.5. The Balaban J connectivity index is 2.38. The number of nitrogens with two attached hydrogens (primary N) is 1. The van der Waals surface area contributed by atoms with E-state index in [1.165, 1.54) is 6.20 Å². The van der Waals surface area contributed by atoms with Crippen molar-refractivity contribution in [2.45, 2.75) is 26.9 Å². The Morgan fingerprint density at radius 3 is 2.68 bits per heavy atom. The smallest absolute Gasteiger partial charge is 0.343 e. The fourth-order valence-electron chi connectivity index (χ4n) is 1.90. The summed E-state index contributed by atoms with van der Waals surface area (Å²) in [6.45, 7) is 5.87. The zero-order valence-electron chi connectivity index (χ0n) is 12.9. The Labute approximate surface area is 129 Å². The number of aromatic nitrogens is 2. The van der Waals surface area contributed by atoms with Crippen LogP contribution in [-0.2, 0) is 4.74 Å². The van der Waals surface area contributed by atoms with E-state index in [1.54, 1.807) is 6.92 Å². The van der Waals surface area contributed by atoms with Gasteiger partial charge in [-0.15, -0.1) is 0 Å². The molecule has 0 unspecified atom stereocenters. The molecule has 2 aromatic rings. The lowest BCUT2D eigenvalue weighted by molar-refractivity contribution is 0.0527. The molecule has 2 N–H and O–H groups in total. The Morgan fingerprint density at radius 2 is 2.05 bits per heavy atom. The van der Waals surface area contributed by atoms with Crippen LogP contribution in [0.25, 0.3) is 11.4 Å². The average molecular weight is 301 g/mol. The summed E-state index contributed by atoms with van der Waals surface area (Å²) in [6.07, 6.45) is 1.40. The fraction of sp³-hybridized carbons (Fsp3) is 0.312. The minimum absolute atomic E-state index is 0.0253. The number of anilines is 1. The van der Waals surface area contributed by atoms with E-state index in [-0.39, 0.29) is 24.1 Å². The van der Waals surface area contributed by atoms with E-state index in [1.807, 2.05) is 38.1 Å². The molecule has 1 heterocycles. The van der Waals surface area contributed by atoms with E-state index < -0.39 is 5.97 Å². The molecule has 1 aromatic heterocycles. The van der Waals surface area contributed by atoms with Gasteiger partial charge in [-0.05, 0) is 32.9 Å². The van der Waals surface area contributed by atoms with Gasteiger partial charge >= 0.3 is 5.97 Å². The van der Waals surface area contributed by atoms with Gasteiger partial charge in [-0.25, -0.2) is 14.8 Å². The summed E-state index contributed by atoms with van der Waals surface area (Å²) in [5.41, 5.74) is 6.73. The second-order valence-corrected chi connectivity index (χ2v) is 4.88. The highest BCUT2D eigenvalue weighted by molar-refractivity contribution is 5.94. The van der Waals surface area contributed by atoms with E-state index >= 15 is 0 Å². The lowest BCUT2D eigenvalue weighted by Gasteiger charge is -2.13. The molecule has 0 amide bonds. The highest BCUT2D eigenvalue weighted by Crippen LogP contribution is 2.28. The van der Waals surface area contributed by atoms with Crippen LogP contribution < -0.4 is 10.5 Å². The summed E-state index contributed by atoms with van der Waals surface area (Å²) < 4.78 is 10.7. The quantitative estimate of drug-likeness (QED) is 0.854. The van der Waals surface area contributed by atoms with E-state index in [0.29, 0.717) is 11.6 Å². The topological polar surface area (TPSA) is 87.3 Å². The van der Waals surface area contributed by atoms with Gasteiger partial charge in [0.05, 0.1) is 18.3 Å². The van der Waals surface area contributed by atoms with Crippen molar-refractivity contribution in [3.05, 3.63) is 36.0 Å². The molecule has 0 saturated heterocycles. The van der Waals surface area contributed by atoms with Gasteiger partial charge < -0.3 is 15.2 Å². The van der Waals surface area contributed by atoms with Crippen LogP contribution in [0.4, 0.5) is 5.82 Å². The molecule has 2 rings (SSSR count). The summed E-state index contributed by atoms with van der Waals surface area (Å²) >= 11 is 0. The number of hydrogen-bond donors (Lipinski definition) is 1. The number of esters is 1. The predicted molar refractivity (Wildman–Crippen MR) is 83.6 cm³/mol. The first-order chi connectivity index (χ1) is 10.5. The first kappa shape index (κ1) is 15.8. The van der Waals surface area contributed by atoms with E-state index in [4.69, 9.17) is 15.2 Å². The number of nitrogens with zero attached hydrogens (tertiary/aromatic N) is 2. The standard InChI is InChI=1S/C16H19N3O3/c1-4-21-16(20)12-9-18-15(19-14(12)17)11-7-5-6-8-13(11)22-10(2)3/h5-10H,4H2,1-3H3,(H2,17,18,19). The Hall–Kier alpha value is -2.63. The third-order valence-corrected chi connectivity index (χ3v) is 2.80. The van der Waals surface area contributed by atoms with Gasteiger partial charge in [0.15, 0.2) is 5.82 Å². The molecule has 22 heavy (non-hydrogen) atoms. The third-order valence-electron chi connectivity index (χ3n) is 2.80. The van der Waals surface area contributed by atoms with Crippen LogP contribution in [0.3, 0.4) is 0 Å². The average Bonchev–Trinajstić information content (AvgIpc) is 2.47. The molecule has 6 nitrogen and oxygen atoms in total. The lowest BCUT2D eigenvalue weighted by atomic mass is 10.1. The molecule has 0 aliphatic rings. The van der Waals surface area contributed by atoms with E-state index in [9.17, 15) is 4.79 Å². The van der Waals surface area contributed by atoms with Crippen molar-refractivity contribution in [3.8, 4) is 17.1 Å². The van der Waals surface area contributed by atoms with Gasteiger partial charge in [0.25, 0.3) is 0 Å². The number of para-hydroxylation sites is 1. The summed E-state index contributed by atoms with van der Waals surface area (Å²) in [7, 11) is 0. The van der Waals surface area contributed by atoms with Gasteiger partial charge in [0, 0.05) is 6.20 Å². The molecular formula is C16H19N3O3. The van der Waals surface area contributed by atoms with Gasteiger partial charge in [-0.3, -0.25) is 0 Å². The zero-order valence-corrected chi connectivity index (χ0v) is 12.9. The number of ether oxygens (including phenoxy) is 2. The van der Waals surface area contributed by atoms with Crippen LogP contribution in [-0.4, -0.2) is 28.6 Å². The van der Waals surface area contributed by atoms with Crippen molar-refractivity contribution >= 4 is 11.8 Å². The molecule has 0 aliphatic heterocycles. The first-order valence-corrected chi connectivity index (χ1v) is 7.08. The largest absolute Gasteiger partial charge is 0.490 e. The van der Waals surface area contributed by atoms with E-state index in [0.717, 1.165) is 5.56 Å². The molecule has 116 valence electrons. The van der Waals surface area contributed by atoms with Crippen molar-refractivity contribution in [1.82, 2.24) is 9.97 Å². The van der Waals surface area contributed by atoms with E-state index in [2.05, 4.69) is 9.97 Å². The number of rotatable bonds is 5. The number of hydrogen-bond acceptors (Lipinski definition) is 6. The van der Waals surface area contributed by atoms with Gasteiger partial charge in [0.2, 0.25) is 0 Å². The monoisotopic (exact) mass is 301 g/mol. The van der Waals surface area contributed by atoms with Crippen LogP contribution in [0.1, 0.15) is 31.1 Å². The summed E-state index contributed by atoms with van der Waals surface area (Å²) in [5, 5.41) is 0. The van der Waals surface area contributed by atoms with Crippen molar-refractivity contribution in [3.63, 3.8) is 0 Å². The third kappa shape index (κ3) is 3.52. The minimum atomic E-state index is -0.529. The Kier molecular flexibility index (Phi) is 4.93. The van der Waals surface area contributed by atoms with Crippen molar-refractivity contribution in [2.75, 3.05) is 12.3 Å². The molecule has 0 aliphatic carbocycles. The fourth-order valence-corrected chi connectivity index (χ4v) is 1.90. The molecule has 0 bridgehead atoms. The number of nitrogen functional groups attached to an aromatic ring is 1. The first-order valence-electron chi connectivity index (χ1n) is 7.08. The van der Waals surface area contributed by atoms with Crippen molar-refractivity contribution in [1.29, 1.82) is 0 Å². The summed E-state index contributed by atoms with van der Waals surface area (Å²) in [5.74, 6) is 0.628. The van der Waals surface area contributed by atoms with Crippen LogP contribution in [0.15, 0.2) is 30.5 Å². The molecule has 0 radical (unpaired) electrons. The lowest BCUT2D eigenvalue weighted by Crippen LogP contribution is -2.11. The summed E-state index contributed by atoms with van der Waals surface area (Å²) in [6, 6.07) is 7.42. The maximum absolute atomic E-state index is 11.7. The van der Waals surface area contributed by atoms with Crippen molar-refractivity contribution < 1.29 is 14.3 Å². The molecule has 6 heteroatoms. The Morgan fingerprint density at radius 1 is 1.32 bits per heavy atom. The number of carbonyl (C=O) groups is 1. The van der Waals surface area contributed by atoms with Crippen LogP contribution in [0.2, 0.25) is 0 Å². The normalized spacial score (nSPS) is 10.5. The second kappa shape index (κ2) is 6.89. The van der Waals surface area contributed by atoms with Gasteiger partial charge in [0.1, 0.15) is 17.1 Å². The SMILES string of the molecule is CCOC(=O)c1cnc(-c2ccccc2OC(C)C)nc1N. The Bertz CT molecular complexity index is 671. The van der Waals surface area contributed by atoms with Crippen LogP contribution in [0.5, 0.6) is 5.75 Å². The number of benzene rings is 1.